The molecule has 0 aromatic rings. The lowest BCUT2D eigenvalue weighted by Crippen LogP contribution is -2.34. The van der Waals surface area contributed by atoms with Crippen LogP contribution in [0.3, 0.4) is 0 Å². The van der Waals surface area contributed by atoms with Gasteiger partial charge < -0.3 is 9.84 Å². The molecule has 2 nitrogen and oxygen atoms in total. The molecule has 1 aliphatic carbocycles. The van der Waals surface area contributed by atoms with E-state index in [1.54, 1.807) is 0 Å². The van der Waals surface area contributed by atoms with Gasteiger partial charge in [-0.1, -0.05) is 20.3 Å². The maximum atomic E-state index is 10.4. The highest BCUT2D eigenvalue weighted by molar-refractivity contribution is 8.00. The number of hydrogen-bond acceptors (Lipinski definition) is 3. The summed E-state index contributed by atoms with van der Waals surface area (Å²) in [6.45, 7) is 7.30. The molecule has 0 saturated carbocycles. The van der Waals surface area contributed by atoms with E-state index in [1.165, 1.54) is 11.1 Å². The van der Waals surface area contributed by atoms with Gasteiger partial charge in [-0.2, -0.15) is 0 Å². The van der Waals surface area contributed by atoms with E-state index >= 15 is 0 Å². The van der Waals surface area contributed by atoms with Crippen molar-refractivity contribution < 1.29 is 9.84 Å². The van der Waals surface area contributed by atoms with Gasteiger partial charge in [0.15, 0.2) is 0 Å². The molecule has 0 bridgehead atoms. The lowest BCUT2D eigenvalue weighted by Gasteiger charge is -2.37. The molecule has 1 spiro atoms. The summed E-state index contributed by atoms with van der Waals surface area (Å²) in [5.41, 5.74) is 2.55. The molecular formula is C14H24O2S. The molecule has 1 fully saturated rings. The largest absolute Gasteiger partial charge is 0.388 e. The van der Waals surface area contributed by atoms with E-state index in [0.717, 1.165) is 38.0 Å². The predicted molar refractivity (Wildman–Crippen MR) is 73.2 cm³/mol. The molecular weight excluding hydrogens is 232 g/mol. The van der Waals surface area contributed by atoms with E-state index in [0.29, 0.717) is 5.92 Å². The van der Waals surface area contributed by atoms with E-state index in [4.69, 9.17) is 4.74 Å². The summed E-state index contributed by atoms with van der Waals surface area (Å²) in [6, 6.07) is 0. The summed E-state index contributed by atoms with van der Waals surface area (Å²) >= 11 is 1.92. The third-order valence-electron chi connectivity index (χ3n) is 4.30. The van der Waals surface area contributed by atoms with Crippen molar-refractivity contribution in [1.82, 2.24) is 0 Å². The maximum Gasteiger partial charge on any atom is 0.135 e. The van der Waals surface area contributed by atoms with E-state index in [2.05, 4.69) is 20.8 Å². The Balaban J connectivity index is 2.25. The summed E-state index contributed by atoms with van der Waals surface area (Å²) < 4.78 is 5.98. The van der Waals surface area contributed by atoms with E-state index in [1.807, 2.05) is 11.8 Å². The monoisotopic (exact) mass is 256 g/mol. The van der Waals surface area contributed by atoms with Crippen molar-refractivity contribution in [3.8, 4) is 0 Å². The van der Waals surface area contributed by atoms with Gasteiger partial charge in [0.2, 0.25) is 0 Å². The molecule has 3 heteroatoms. The summed E-state index contributed by atoms with van der Waals surface area (Å²) in [4.78, 5) is -0.0952. The van der Waals surface area contributed by atoms with Crippen molar-refractivity contribution in [1.29, 1.82) is 0 Å². The molecule has 2 aliphatic rings. The van der Waals surface area contributed by atoms with Crippen molar-refractivity contribution in [3.05, 3.63) is 11.1 Å². The standard InChI is InChI=1S/C14H24O2S/c1-4-10(2)13(15)12-6-5-7-14(11(12)3)16-8-9-17-14/h10,13,15H,4-9H2,1-3H3/t10?,13-,14-/m1/s1. The Hall–Kier alpha value is 0.01000. The number of thioether (sulfide) groups is 1. The minimum Gasteiger partial charge on any atom is -0.388 e. The predicted octanol–water partition coefficient (Wildman–Crippen LogP) is 3.35. The zero-order chi connectivity index (χ0) is 12.5. The summed E-state index contributed by atoms with van der Waals surface area (Å²) in [5.74, 6) is 1.44. The molecule has 0 radical (unpaired) electrons. The first kappa shape index (κ1) is 13.4. The van der Waals surface area contributed by atoms with Crippen molar-refractivity contribution in [3.63, 3.8) is 0 Å². The second-order valence-electron chi connectivity index (χ2n) is 5.28. The summed E-state index contributed by atoms with van der Waals surface area (Å²) in [6.07, 6.45) is 4.05. The van der Waals surface area contributed by atoms with Gasteiger partial charge in [-0.15, -0.1) is 11.8 Å². The van der Waals surface area contributed by atoms with Crippen LogP contribution < -0.4 is 0 Å². The zero-order valence-corrected chi connectivity index (χ0v) is 12.0. The van der Waals surface area contributed by atoms with Gasteiger partial charge in [-0.05, 0) is 43.3 Å². The van der Waals surface area contributed by atoms with Crippen LogP contribution in [-0.4, -0.2) is 28.5 Å². The van der Waals surface area contributed by atoms with Gasteiger partial charge in [0.25, 0.3) is 0 Å². The number of hydrogen-bond donors (Lipinski definition) is 1. The van der Waals surface area contributed by atoms with Crippen LogP contribution in [0.15, 0.2) is 11.1 Å². The molecule has 98 valence electrons. The van der Waals surface area contributed by atoms with Crippen LogP contribution in [0.2, 0.25) is 0 Å². The average Bonchev–Trinajstić information content (AvgIpc) is 2.80. The number of rotatable bonds is 3. The van der Waals surface area contributed by atoms with Crippen molar-refractivity contribution in [2.75, 3.05) is 12.4 Å². The molecule has 0 amide bonds. The third kappa shape index (κ3) is 2.42. The van der Waals surface area contributed by atoms with Crippen molar-refractivity contribution in [2.24, 2.45) is 5.92 Å². The highest BCUT2D eigenvalue weighted by Gasteiger charge is 2.42. The fourth-order valence-corrected chi connectivity index (χ4v) is 4.18. The van der Waals surface area contributed by atoms with Gasteiger partial charge in [-0.25, -0.2) is 0 Å². The van der Waals surface area contributed by atoms with Gasteiger partial charge in [0.05, 0.1) is 12.7 Å². The Bertz CT molecular complexity index is 305. The van der Waals surface area contributed by atoms with Crippen molar-refractivity contribution >= 4 is 11.8 Å². The maximum absolute atomic E-state index is 10.4. The fourth-order valence-electron chi connectivity index (χ4n) is 2.88. The van der Waals surface area contributed by atoms with Crippen molar-refractivity contribution in [2.45, 2.75) is 57.5 Å². The smallest absolute Gasteiger partial charge is 0.135 e. The fraction of sp³-hybridized carbons (Fsp3) is 0.857. The lowest BCUT2D eigenvalue weighted by molar-refractivity contribution is 0.0582. The quantitative estimate of drug-likeness (QED) is 0.785. The molecule has 1 unspecified atom stereocenters. The van der Waals surface area contributed by atoms with Crippen LogP contribution in [-0.2, 0) is 4.74 Å². The van der Waals surface area contributed by atoms with Crippen LogP contribution in [0, 0.1) is 5.92 Å². The van der Waals surface area contributed by atoms with Crippen LogP contribution >= 0.6 is 11.8 Å². The lowest BCUT2D eigenvalue weighted by atomic mass is 9.82. The number of ether oxygens (including phenoxy) is 1. The third-order valence-corrected chi connectivity index (χ3v) is 5.76. The second-order valence-corrected chi connectivity index (χ2v) is 6.64. The van der Waals surface area contributed by atoms with Gasteiger partial charge in [0.1, 0.15) is 4.93 Å². The molecule has 0 aromatic heterocycles. The highest BCUT2D eigenvalue weighted by Crippen LogP contribution is 2.48. The van der Waals surface area contributed by atoms with Gasteiger partial charge in [0, 0.05) is 5.75 Å². The number of aliphatic hydroxyl groups excluding tert-OH is 1. The minimum absolute atomic E-state index is 0.0952. The Labute approximate surface area is 109 Å². The number of aliphatic hydroxyl groups is 1. The molecule has 0 aromatic carbocycles. The van der Waals surface area contributed by atoms with Crippen LogP contribution in [0.5, 0.6) is 0 Å². The molecule has 17 heavy (non-hydrogen) atoms. The molecule has 1 N–H and O–H groups in total. The molecule has 2 rings (SSSR count). The minimum atomic E-state index is -0.276. The van der Waals surface area contributed by atoms with Crippen LogP contribution in [0.1, 0.15) is 46.5 Å². The summed E-state index contributed by atoms with van der Waals surface area (Å²) in [7, 11) is 0. The first-order chi connectivity index (χ1) is 8.10. The Morgan fingerprint density at radius 3 is 2.88 bits per heavy atom. The molecule has 3 atom stereocenters. The first-order valence-corrected chi connectivity index (χ1v) is 7.75. The first-order valence-electron chi connectivity index (χ1n) is 6.77. The normalized spacial score (nSPS) is 33.2. The van der Waals surface area contributed by atoms with Gasteiger partial charge in [-0.3, -0.25) is 0 Å². The zero-order valence-electron chi connectivity index (χ0n) is 11.2. The van der Waals surface area contributed by atoms with E-state index in [9.17, 15) is 5.11 Å². The van der Waals surface area contributed by atoms with E-state index < -0.39 is 0 Å². The SMILES string of the molecule is CCC(C)[C@@H](O)C1=C(C)[C@]2(CCC1)OCCS2. The van der Waals surface area contributed by atoms with Gasteiger partial charge >= 0.3 is 0 Å². The second kappa shape index (κ2) is 5.33. The highest BCUT2D eigenvalue weighted by atomic mass is 32.2. The molecule has 1 heterocycles. The van der Waals surface area contributed by atoms with E-state index in [-0.39, 0.29) is 11.0 Å². The Morgan fingerprint density at radius 2 is 2.29 bits per heavy atom. The van der Waals surface area contributed by atoms with Crippen LogP contribution in [0.4, 0.5) is 0 Å². The molecule has 1 saturated heterocycles. The van der Waals surface area contributed by atoms with Crippen LogP contribution in [0.25, 0.3) is 0 Å². The average molecular weight is 256 g/mol. The topological polar surface area (TPSA) is 29.5 Å². The Morgan fingerprint density at radius 1 is 1.53 bits per heavy atom. The summed E-state index contributed by atoms with van der Waals surface area (Å²) in [5, 5.41) is 10.4. The Kier molecular flexibility index (Phi) is 4.22. The molecule has 1 aliphatic heterocycles.